The topological polar surface area (TPSA) is 139 Å². The summed E-state index contributed by atoms with van der Waals surface area (Å²) in [5.41, 5.74) is 0. The highest BCUT2D eigenvalue weighted by atomic mass is 15.1. The van der Waals surface area contributed by atoms with E-state index in [0.717, 1.165) is 42.8 Å². The van der Waals surface area contributed by atoms with E-state index in [0.29, 0.717) is 0 Å². The maximum absolute atomic E-state index is 4.35. The lowest BCUT2D eigenvalue weighted by molar-refractivity contribution is 0.502. The number of nitrogens with zero attached hydrogens (tertiary/aromatic N) is 4. The molecule has 0 fully saturated rings. The molecular weight excluding hydrogens is 344 g/mol. The van der Waals surface area contributed by atoms with Crippen molar-refractivity contribution in [3.63, 3.8) is 0 Å². The monoisotopic (exact) mass is 366 g/mol. The molecule has 27 heavy (non-hydrogen) atoms. The number of hydrogen-bond acceptors (Lipinski definition) is 6. The lowest BCUT2D eigenvalue weighted by Crippen LogP contribution is -2.30. The van der Waals surface area contributed by atoms with E-state index in [9.17, 15) is 0 Å². The average molecular weight is 366 g/mol. The van der Waals surface area contributed by atoms with Gasteiger partial charge in [0, 0.05) is 49.6 Å². The average Bonchev–Trinajstić information content (AvgIpc) is 3.51. The van der Waals surface area contributed by atoms with Crippen molar-refractivity contribution in [3.05, 3.63) is 72.9 Å². The largest absolute Gasteiger partial charge is 0.347 e. The molecule has 10 nitrogen and oxygen atoms in total. The van der Waals surface area contributed by atoms with E-state index in [1.54, 1.807) is 24.8 Å². The molecule has 0 bridgehead atoms. The van der Waals surface area contributed by atoms with E-state index in [1.807, 2.05) is 24.8 Å². The third-order valence-corrected chi connectivity index (χ3v) is 4.22. The SMILES string of the molecule is c1c[nH]c(C(NCCCNC(c2ncc[nH]2)c2ncc[nH]2)c2ncc[nH]2)n1. The number of aromatic amines is 4. The van der Waals surface area contributed by atoms with Gasteiger partial charge in [-0.25, -0.2) is 19.9 Å². The van der Waals surface area contributed by atoms with Gasteiger partial charge in [-0.3, -0.25) is 0 Å². The van der Waals surface area contributed by atoms with Crippen LogP contribution in [0.3, 0.4) is 0 Å². The van der Waals surface area contributed by atoms with Crippen molar-refractivity contribution in [2.45, 2.75) is 18.5 Å². The number of nitrogens with one attached hydrogen (secondary N) is 6. The van der Waals surface area contributed by atoms with Crippen molar-refractivity contribution in [2.24, 2.45) is 0 Å². The molecule has 4 heterocycles. The molecule has 4 rings (SSSR count). The zero-order chi connectivity index (χ0) is 18.3. The summed E-state index contributed by atoms with van der Waals surface area (Å²) in [7, 11) is 0. The van der Waals surface area contributed by atoms with Gasteiger partial charge in [0.05, 0.1) is 0 Å². The van der Waals surface area contributed by atoms with Gasteiger partial charge >= 0.3 is 0 Å². The predicted octanol–water partition coefficient (Wildman–Crippen LogP) is 1.03. The second kappa shape index (κ2) is 8.43. The van der Waals surface area contributed by atoms with Crippen molar-refractivity contribution in [2.75, 3.05) is 13.1 Å². The first-order valence-corrected chi connectivity index (χ1v) is 8.85. The fourth-order valence-electron chi connectivity index (χ4n) is 2.97. The highest BCUT2D eigenvalue weighted by Crippen LogP contribution is 2.16. The summed E-state index contributed by atoms with van der Waals surface area (Å²) in [6.45, 7) is 1.59. The number of hydrogen-bond donors (Lipinski definition) is 6. The Labute approximate surface area is 155 Å². The van der Waals surface area contributed by atoms with E-state index in [4.69, 9.17) is 0 Å². The maximum atomic E-state index is 4.35. The summed E-state index contributed by atoms with van der Waals surface area (Å²) >= 11 is 0. The first kappa shape index (κ1) is 17.2. The minimum absolute atomic E-state index is 0.0963. The van der Waals surface area contributed by atoms with Crippen LogP contribution in [-0.4, -0.2) is 53.0 Å². The Morgan fingerprint density at radius 2 is 0.926 bits per heavy atom. The Bertz CT molecular complexity index is 722. The smallest absolute Gasteiger partial charge is 0.131 e. The van der Waals surface area contributed by atoms with Gasteiger partial charge in [-0.1, -0.05) is 0 Å². The van der Waals surface area contributed by atoms with Gasteiger partial charge in [-0.2, -0.15) is 0 Å². The number of imidazole rings is 4. The molecule has 0 radical (unpaired) electrons. The van der Waals surface area contributed by atoms with Gasteiger partial charge in [-0.15, -0.1) is 0 Å². The molecule has 0 aliphatic heterocycles. The molecule has 0 amide bonds. The van der Waals surface area contributed by atoms with E-state index in [2.05, 4.69) is 50.5 Å². The lowest BCUT2D eigenvalue weighted by Gasteiger charge is -2.17. The van der Waals surface area contributed by atoms with Crippen molar-refractivity contribution >= 4 is 0 Å². The molecule has 0 saturated heterocycles. The summed E-state index contributed by atoms with van der Waals surface area (Å²) in [4.78, 5) is 30.0. The molecule has 4 aromatic rings. The third kappa shape index (κ3) is 4.13. The van der Waals surface area contributed by atoms with E-state index >= 15 is 0 Å². The zero-order valence-electron chi connectivity index (χ0n) is 14.7. The maximum Gasteiger partial charge on any atom is 0.131 e. The summed E-state index contributed by atoms with van der Waals surface area (Å²) in [6.07, 6.45) is 15.1. The van der Waals surface area contributed by atoms with Crippen LogP contribution in [0.1, 0.15) is 41.8 Å². The molecule has 0 atom stereocenters. The van der Waals surface area contributed by atoms with Crippen LogP contribution in [-0.2, 0) is 0 Å². The molecule has 10 heteroatoms. The van der Waals surface area contributed by atoms with Gasteiger partial charge < -0.3 is 30.6 Å². The van der Waals surface area contributed by atoms with Crippen molar-refractivity contribution in [1.29, 1.82) is 0 Å². The Balaban J connectivity index is 1.31. The van der Waals surface area contributed by atoms with Crippen LogP contribution in [0.4, 0.5) is 0 Å². The standard InChI is InChI=1S/C17H22N10/c1(2-18-12(14-20-4-5-21-14)15-22-6-7-23-15)3-19-13(16-24-8-9-25-16)17-26-10-11-27-17/h4-13,18-19H,1-3H2,(H,20,21)(H,22,23)(H,24,25)(H,26,27). The van der Waals surface area contributed by atoms with Crippen LogP contribution < -0.4 is 10.6 Å². The van der Waals surface area contributed by atoms with Gasteiger partial charge in [0.1, 0.15) is 35.4 Å². The van der Waals surface area contributed by atoms with Crippen molar-refractivity contribution in [1.82, 2.24) is 50.5 Å². The van der Waals surface area contributed by atoms with Crippen molar-refractivity contribution < 1.29 is 0 Å². The minimum Gasteiger partial charge on any atom is -0.347 e. The Morgan fingerprint density at radius 3 is 1.19 bits per heavy atom. The second-order valence-corrected chi connectivity index (χ2v) is 6.03. The molecule has 4 aromatic heterocycles. The van der Waals surface area contributed by atoms with Gasteiger partial charge in [0.25, 0.3) is 0 Å². The first-order valence-electron chi connectivity index (χ1n) is 8.85. The molecule has 0 aliphatic carbocycles. The van der Waals surface area contributed by atoms with Crippen LogP contribution in [0, 0.1) is 0 Å². The molecule has 0 spiro atoms. The summed E-state index contributed by atoms with van der Waals surface area (Å²) in [6, 6.07) is -0.193. The molecular formula is C17H22N10. The van der Waals surface area contributed by atoms with Crippen LogP contribution >= 0.6 is 0 Å². The molecule has 0 unspecified atom stereocenters. The normalized spacial score (nSPS) is 11.6. The third-order valence-electron chi connectivity index (χ3n) is 4.22. The zero-order valence-corrected chi connectivity index (χ0v) is 14.7. The van der Waals surface area contributed by atoms with E-state index < -0.39 is 0 Å². The Kier molecular flexibility index (Phi) is 5.36. The van der Waals surface area contributed by atoms with Crippen LogP contribution in [0.25, 0.3) is 0 Å². The summed E-state index contributed by atoms with van der Waals surface area (Å²) in [5.74, 6) is 3.34. The van der Waals surface area contributed by atoms with Gasteiger partial charge in [-0.05, 0) is 19.5 Å². The van der Waals surface area contributed by atoms with Gasteiger partial charge in [0.15, 0.2) is 0 Å². The highest BCUT2D eigenvalue weighted by molar-refractivity contribution is 5.11. The minimum atomic E-state index is -0.0963. The predicted molar refractivity (Wildman–Crippen MR) is 98.7 cm³/mol. The highest BCUT2D eigenvalue weighted by Gasteiger charge is 2.19. The molecule has 140 valence electrons. The molecule has 6 N–H and O–H groups in total. The van der Waals surface area contributed by atoms with Gasteiger partial charge in [0.2, 0.25) is 0 Å². The number of H-pyrrole nitrogens is 4. The van der Waals surface area contributed by atoms with E-state index in [-0.39, 0.29) is 12.1 Å². The quantitative estimate of drug-likeness (QED) is 0.232. The fraction of sp³-hybridized carbons (Fsp3) is 0.294. The molecule has 0 saturated carbocycles. The first-order chi connectivity index (χ1) is 13.4. The summed E-state index contributed by atoms with van der Waals surface area (Å²) in [5, 5.41) is 6.99. The second-order valence-electron chi connectivity index (χ2n) is 6.03. The molecule has 0 aromatic carbocycles. The van der Waals surface area contributed by atoms with E-state index in [1.165, 1.54) is 0 Å². The van der Waals surface area contributed by atoms with Crippen LogP contribution in [0.2, 0.25) is 0 Å². The van der Waals surface area contributed by atoms with Crippen molar-refractivity contribution in [3.8, 4) is 0 Å². The van der Waals surface area contributed by atoms with Crippen LogP contribution in [0.15, 0.2) is 49.6 Å². The lowest BCUT2D eigenvalue weighted by atomic mass is 10.2. The van der Waals surface area contributed by atoms with Crippen LogP contribution in [0.5, 0.6) is 0 Å². The Hall–Kier alpha value is -3.24. The fourth-order valence-corrected chi connectivity index (χ4v) is 2.97. The number of aromatic nitrogens is 8. The summed E-state index contributed by atoms with van der Waals surface area (Å²) < 4.78 is 0. The molecule has 0 aliphatic rings. The number of rotatable bonds is 10. The Morgan fingerprint density at radius 1 is 0.593 bits per heavy atom.